The number of nitrogens with one attached hydrogen (secondary N) is 1. The molecule has 0 heterocycles. The Balaban J connectivity index is 2.32. The van der Waals surface area contributed by atoms with E-state index in [2.05, 4.69) is 12.2 Å². The van der Waals surface area contributed by atoms with Gasteiger partial charge in [-0.1, -0.05) is 30.7 Å². The molecule has 0 saturated carbocycles. The summed E-state index contributed by atoms with van der Waals surface area (Å²) in [6.45, 7) is 4.71. The lowest BCUT2D eigenvalue weighted by atomic mass is 10.0. The molecule has 0 aliphatic rings. The lowest BCUT2D eigenvalue weighted by Gasteiger charge is -2.15. The van der Waals surface area contributed by atoms with Gasteiger partial charge >= 0.3 is 0 Å². The molecule has 1 aromatic rings. The van der Waals surface area contributed by atoms with Crippen LogP contribution in [0, 0.1) is 5.92 Å². The first-order valence-electron chi connectivity index (χ1n) is 6.75. The van der Waals surface area contributed by atoms with Gasteiger partial charge in [-0.25, -0.2) is 0 Å². The molecule has 3 nitrogen and oxygen atoms in total. The summed E-state index contributed by atoms with van der Waals surface area (Å²) < 4.78 is 0. The third-order valence-electron chi connectivity index (χ3n) is 3.13. The lowest BCUT2D eigenvalue weighted by molar-refractivity contribution is -0.121. The van der Waals surface area contributed by atoms with Crippen LogP contribution in [0.1, 0.15) is 32.3 Å². The maximum Gasteiger partial charge on any atom is 0.220 e. The van der Waals surface area contributed by atoms with Gasteiger partial charge in [0.15, 0.2) is 0 Å². The Labute approximate surface area is 120 Å². The summed E-state index contributed by atoms with van der Waals surface area (Å²) in [5.74, 6) is 0.499. The molecular weight excluding hydrogens is 260 g/mol. The highest BCUT2D eigenvalue weighted by Crippen LogP contribution is 2.11. The van der Waals surface area contributed by atoms with E-state index in [1.807, 2.05) is 31.2 Å². The monoisotopic (exact) mass is 282 g/mol. The van der Waals surface area contributed by atoms with Gasteiger partial charge in [0.2, 0.25) is 5.91 Å². The second-order valence-corrected chi connectivity index (χ2v) is 5.62. The molecule has 1 rings (SSSR count). The molecular formula is C15H23ClN2O. The van der Waals surface area contributed by atoms with Crippen LogP contribution < -0.4 is 11.1 Å². The number of hydrogen-bond acceptors (Lipinski definition) is 2. The quantitative estimate of drug-likeness (QED) is 0.808. The number of amides is 1. The predicted molar refractivity (Wildman–Crippen MR) is 80.2 cm³/mol. The first-order valence-corrected chi connectivity index (χ1v) is 7.13. The molecule has 0 bridgehead atoms. The molecule has 2 unspecified atom stereocenters. The summed E-state index contributed by atoms with van der Waals surface area (Å²) in [5.41, 5.74) is 6.71. The third-order valence-corrected chi connectivity index (χ3v) is 3.38. The molecule has 0 saturated heterocycles. The van der Waals surface area contributed by atoms with E-state index >= 15 is 0 Å². The molecule has 3 N–H and O–H groups in total. The lowest BCUT2D eigenvalue weighted by Crippen LogP contribution is -2.34. The number of carbonyl (C=O) groups excluding carboxylic acids is 1. The van der Waals surface area contributed by atoms with Crippen LogP contribution in [-0.2, 0) is 11.2 Å². The van der Waals surface area contributed by atoms with Crippen molar-refractivity contribution in [2.45, 2.75) is 39.2 Å². The Hall–Kier alpha value is -1.06. The highest BCUT2D eigenvalue weighted by molar-refractivity contribution is 6.30. The highest BCUT2D eigenvalue weighted by Gasteiger charge is 2.09. The van der Waals surface area contributed by atoms with Crippen LogP contribution in [0.15, 0.2) is 24.3 Å². The van der Waals surface area contributed by atoms with E-state index in [4.69, 9.17) is 17.3 Å². The van der Waals surface area contributed by atoms with Crippen molar-refractivity contribution in [2.75, 3.05) is 6.54 Å². The van der Waals surface area contributed by atoms with Crippen LogP contribution in [0.3, 0.4) is 0 Å². The van der Waals surface area contributed by atoms with E-state index in [-0.39, 0.29) is 11.9 Å². The normalized spacial score (nSPS) is 13.9. The van der Waals surface area contributed by atoms with Crippen LogP contribution in [-0.4, -0.2) is 18.5 Å². The fourth-order valence-electron chi connectivity index (χ4n) is 1.87. The average molecular weight is 283 g/mol. The van der Waals surface area contributed by atoms with E-state index in [9.17, 15) is 4.79 Å². The van der Waals surface area contributed by atoms with Crippen molar-refractivity contribution in [3.05, 3.63) is 34.9 Å². The third kappa shape index (κ3) is 6.60. The zero-order chi connectivity index (χ0) is 14.3. The van der Waals surface area contributed by atoms with E-state index in [0.717, 1.165) is 17.9 Å². The van der Waals surface area contributed by atoms with Crippen LogP contribution >= 0.6 is 11.6 Å². The smallest absolute Gasteiger partial charge is 0.220 e. The number of hydrogen-bond donors (Lipinski definition) is 2. The van der Waals surface area contributed by atoms with E-state index in [0.29, 0.717) is 18.9 Å². The molecule has 1 aromatic carbocycles. The Bertz CT molecular complexity index is 392. The van der Waals surface area contributed by atoms with Crippen molar-refractivity contribution in [1.82, 2.24) is 5.32 Å². The topological polar surface area (TPSA) is 55.1 Å². The van der Waals surface area contributed by atoms with Gasteiger partial charge in [0, 0.05) is 17.5 Å². The second kappa shape index (κ2) is 8.18. The summed E-state index contributed by atoms with van der Waals surface area (Å²) in [6.07, 6.45) is 2.20. The Kier molecular flexibility index (Phi) is 6.89. The fraction of sp³-hybridized carbons (Fsp3) is 0.533. The largest absolute Gasteiger partial charge is 0.353 e. The average Bonchev–Trinajstić information content (AvgIpc) is 2.38. The molecule has 0 spiro atoms. The molecule has 0 aliphatic heterocycles. The maximum absolute atomic E-state index is 11.7. The van der Waals surface area contributed by atoms with Gasteiger partial charge in [-0.3, -0.25) is 4.79 Å². The van der Waals surface area contributed by atoms with Crippen molar-refractivity contribution in [3.8, 4) is 0 Å². The second-order valence-electron chi connectivity index (χ2n) is 5.18. The van der Waals surface area contributed by atoms with Crippen molar-refractivity contribution in [2.24, 2.45) is 11.7 Å². The molecule has 106 valence electrons. The van der Waals surface area contributed by atoms with Crippen molar-refractivity contribution >= 4 is 17.5 Å². The van der Waals surface area contributed by atoms with Crippen LogP contribution in [0.2, 0.25) is 5.02 Å². The fourth-order valence-corrected chi connectivity index (χ4v) is 1.99. The van der Waals surface area contributed by atoms with E-state index in [1.165, 1.54) is 5.56 Å². The molecule has 0 aliphatic carbocycles. The Morgan fingerprint density at radius 1 is 1.32 bits per heavy atom. The zero-order valence-electron chi connectivity index (χ0n) is 11.7. The minimum Gasteiger partial charge on any atom is -0.353 e. The molecule has 0 radical (unpaired) electrons. The maximum atomic E-state index is 11.7. The Morgan fingerprint density at radius 3 is 2.53 bits per heavy atom. The SMILES string of the molecule is CC(CN)CCC(=O)NC(C)Cc1ccc(Cl)cc1. The summed E-state index contributed by atoms with van der Waals surface area (Å²) in [7, 11) is 0. The molecule has 0 aromatic heterocycles. The molecule has 19 heavy (non-hydrogen) atoms. The van der Waals surface area contributed by atoms with Gasteiger partial charge in [0.1, 0.15) is 0 Å². The van der Waals surface area contributed by atoms with Gasteiger partial charge in [0.05, 0.1) is 0 Å². The van der Waals surface area contributed by atoms with Crippen LogP contribution in [0.25, 0.3) is 0 Å². The minimum absolute atomic E-state index is 0.0989. The molecule has 0 fully saturated rings. The van der Waals surface area contributed by atoms with Crippen molar-refractivity contribution in [3.63, 3.8) is 0 Å². The van der Waals surface area contributed by atoms with E-state index in [1.54, 1.807) is 0 Å². The summed E-state index contributed by atoms with van der Waals surface area (Å²) in [6, 6.07) is 7.84. The van der Waals surface area contributed by atoms with Crippen molar-refractivity contribution in [1.29, 1.82) is 0 Å². The van der Waals surface area contributed by atoms with Gasteiger partial charge in [-0.2, -0.15) is 0 Å². The summed E-state index contributed by atoms with van der Waals surface area (Å²) in [4.78, 5) is 11.7. The highest BCUT2D eigenvalue weighted by atomic mass is 35.5. The first kappa shape index (κ1) is 16.0. The zero-order valence-corrected chi connectivity index (χ0v) is 12.4. The molecule has 4 heteroatoms. The standard InChI is InChI=1S/C15H23ClN2O/c1-11(10-17)3-8-15(19)18-12(2)9-13-4-6-14(16)7-5-13/h4-7,11-12H,3,8-10,17H2,1-2H3,(H,18,19). The minimum atomic E-state index is 0.0989. The number of halogens is 1. The van der Waals surface area contributed by atoms with Gasteiger partial charge in [-0.15, -0.1) is 0 Å². The van der Waals surface area contributed by atoms with E-state index < -0.39 is 0 Å². The number of benzene rings is 1. The molecule has 2 atom stereocenters. The summed E-state index contributed by atoms with van der Waals surface area (Å²) >= 11 is 5.84. The van der Waals surface area contributed by atoms with Gasteiger partial charge in [0.25, 0.3) is 0 Å². The number of rotatable bonds is 7. The van der Waals surface area contributed by atoms with Crippen LogP contribution in [0.4, 0.5) is 0 Å². The predicted octanol–water partition coefficient (Wildman–Crippen LogP) is 2.76. The Morgan fingerprint density at radius 2 is 1.95 bits per heavy atom. The summed E-state index contributed by atoms with van der Waals surface area (Å²) in [5, 5.41) is 3.74. The molecule has 1 amide bonds. The number of carbonyl (C=O) groups is 1. The van der Waals surface area contributed by atoms with Gasteiger partial charge < -0.3 is 11.1 Å². The number of nitrogens with two attached hydrogens (primary N) is 1. The van der Waals surface area contributed by atoms with Gasteiger partial charge in [-0.05, 0) is 49.9 Å². The first-order chi connectivity index (χ1) is 9.01. The van der Waals surface area contributed by atoms with Crippen molar-refractivity contribution < 1.29 is 4.79 Å². The van der Waals surface area contributed by atoms with Crippen LogP contribution in [0.5, 0.6) is 0 Å².